The van der Waals surface area contributed by atoms with Gasteiger partial charge in [-0.2, -0.15) is 4.99 Å². The number of ether oxygens (including phenoxy) is 2. The molecule has 0 aromatic heterocycles. The smallest absolute Gasteiger partial charge is 0.283 e. The van der Waals surface area contributed by atoms with E-state index >= 15 is 0 Å². The Kier molecular flexibility index (Phi) is 6.15. The van der Waals surface area contributed by atoms with Gasteiger partial charge in [-0.15, -0.1) is 0 Å². The highest BCUT2D eigenvalue weighted by Gasteiger charge is 2.33. The number of amidine groups is 2. The summed E-state index contributed by atoms with van der Waals surface area (Å²) >= 11 is 7.71. The zero-order chi connectivity index (χ0) is 22.0. The van der Waals surface area contributed by atoms with Crippen molar-refractivity contribution in [1.82, 2.24) is 4.90 Å². The summed E-state index contributed by atoms with van der Waals surface area (Å²) in [4.78, 5) is 18.1. The van der Waals surface area contributed by atoms with Crippen LogP contribution in [0.2, 0.25) is 5.02 Å². The molecular formula is C23H20ClN3O3S. The molecule has 0 saturated carbocycles. The van der Waals surface area contributed by atoms with Crippen LogP contribution < -0.4 is 9.47 Å². The van der Waals surface area contributed by atoms with Crippen LogP contribution in [0.15, 0.2) is 64.1 Å². The van der Waals surface area contributed by atoms with Crippen LogP contribution in [0.1, 0.15) is 18.1 Å². The van der Waals surface area contributed by atoms with Crippen LogP contribution in [0, 0.1) is 12.3 Å². The Labute approximate surface area is 189 Å². The number of thioether (sulfide) groups is 1. The van der Waals surface area contributed by atoms with Crippen LogP contribution in [0.25, 0.3) is 6.08 Å². The van der Waals surface area contributed by atoms with Crippen molar-refractivity contribution in [3.05, 3.63) is 75.3 Å². The molecule has 2 aromatic carbocycles. The Bertz CT molecular complexity index is 1160. The van der Waals surface area contributed by atoms with Crippen LogP contribution >= 0.6 is 23.4 Å². The van der Waals surface area contributed by atoms with Crippen molar-refractivity contribution in [3.8, 4) is 11.5 Å². The molecule has 31 heavy (non-hydrogen) atoms. The van der Waals surface area contributed by atoms with Gasteiger partial charge in [-0.1, -0.05) is 47.6 Å². The van der Waals surface area contributed by atoms with Crippen LogP contribution in [0.3, 0.4) is 0 Å². The molecule has 0 atom stereocenters. The van der Waals surface area contributed by atoms with Gasteiger partial charge in [0.15, 0.2) is 5.17 Å². The summed E-state index contributed by atoms with van der Waals surface area (Å²) in [5, 5.41) is 11.2. The summed E-state index contributed by atoms with van der Waals surface area (Å²) in [6.45, 7) is 4.60. The second-order valence-electron chi connectivity index (χ2n) is 6.97. The van der Waals surface area contributed by atoms with Crippen molar-refractivity contribution in [3.63, 3.8) is 0 Å². The first-order valence-corrected chi connectivity index (χ1v) is 10.9. The molecule has 1 amide bonds. The summed E-state index contributed by atoms with van der Waals surface area (Å²) in [7, 11) is 0. The lowest BCUT2D eigenvalue weighted by molar-refractivity contribution is -0.114. The van der Waals surface area contributed by atoms with Gasteiger partial charge in [0.2, 0.25) is 0 Å². The summed E-state index contributed by atoms with van der Waals surface area (Å²) < 4.78 is 11.5. The second kappa shape index (κ2) is 8.99. The maximum Gasteiger partial charge on any atom is 0.283 e. The number of aliphatic imine (C=N–C) groups is 1. The fraction of sp³-hybridized carbons (Fsp3) is 0.174. The van der Waals surface area contributed by atoms with E-state index in [1.54, 1.807) is 29.2 Å². The zero-order valence-electron chi connectivity index (χ0n) is 17.0. The molecule has 158 valence electrons. The Balaban J connectivity index is 1.42. The van der Waals surface area contributed by atoms with E-state index in [-0.39, 0.29) is 11.4 Å². The first-order chi connectivity index (χ1) is 14.9. The van der Waals surface area contributed by atoms with E-state index in [4.69, 9.17) is 26.5 Å². The highest BCUT2D eigenvalue weighted by molar-refractivity contribution is 8.16. The molecule has 0 fully saturated rings. The largest absolute Gasteiger partial charge is 0.490 e. The van der Waals surface area contributed by atoms with E-state index in [1.165, 1.54) is 11.8 Å². The first-order valence-electron chi connectivity index (χ1n) is 9.62. The molecule has 2 aliphatic heterocycles. The van der Waals surface area contributed by atoms with Gasteiger partial charge in [-0.3, -0.25) is 15.1 Å². The Morgan fingerprint density at radius 2 is 1.87 bits per heavy atom. The second-order valence-corrected chi connectivity index (χ2v) is 8.21. The molecule has 1 N–H and O–H groups in total. The third-order valence-corrected chi connectivity index (χ3v) is 5.98. The van der Waals surface area contributed by atoms with E-state index in [0.29, 0.717) is 34.7 Å². The number of halogens is 1. The molecular weight excluding hydrogens is 434 g/mol. The molecule has 8 heteroatoms. The molecule has 0 saturated heterocycles. The lowest BCUT2D eigenvalue weighted by Crippen LogP contribution is -2.37. The number of carbonyl (C=O) groups excluding carboxylic acids is 1. The number of nitrogens with zero attached hydrogens (tertiary/aromatic N) is 2. The normalized spacial score (nSPS) is 16.9. The van der Waals surface area contributed by atoms with Crippen LogP contribution in [0.5, 0.6) is 11.5 Å². The lowest BCUT2D eigenvalue weighted by atomic mass is 10.1. The van der Waals surface area contributed by atoms with Crippen molar-refractivity contribution in [2.24, 2.45) is 4.99 Å². The molecule has 2 heterocycles. The van der Waals surface area contributed by atoms with Crippen LogP contribution in [0.4, 0.5) is 0 Å². The fourth-order valence-electron chi connectivity index (χ4n) is 3.15. The van der Waals surface area contributed by atoms with Gasteiger partial charge < -0.3 is 9.47 Å². The van der Waals surface area contributed by atoms with Gasteiger partial charge in [-0.05, 0) is 54.7 Å². The monoisotopic (exact) mass is 453 g/mol. The van der Waals surface area contributed by atoms with Crippen LogP contribution in [-0.4, -0.2) is 35.0 Å². The number of carbonyl (C=O) groups is 1. The third kappa shape index (κ3) is 4.52. The zero-order valence-corrected chi connectivity index (χ0v) is 18.6. The molecule has 0 radical (unpaired) electrons. The van der Waals surface area contributed by atoms with Gasteiger partial charge in [-0.25, -0.2) is 0 Å². The van der Waals surface area contributed by atoms with Crippen LogP contribution in [-0.2, 0) is 4.79 Å². The minimum atomic E-state index is -0.434. The minimum Gasteiger partial charge on any atom is -0.490 e. The number of aryl methyl sites for hydroxylation is 1. The molecule has 0 spiro atoms. The number of hydrogen-bond acceptors (Lipinski definition) is 5. The van der Waals surface area contributed by atoms with E-state index in [9.17, 15) is 4.79 Å². The van der Waals surface area contributed by atoms with Gasteiger partial charge in [0.05, 0.1) is 10.6 Å². The number of amides is 1. The van der Waals surface area contributed by atoms with Crippen molar-refractivity contribution in [1.29, 1.82) is 5.41 Å². The number of nitrogens with one attached hydrogen (secondary N) is 1. The van der Waals surface area contributed by atoms with Gasteiger partial charge in [0.1, 0.15) is 30.5 Å². The minimum absolute atomic E-state index is 0.110. The maximum atomic E-state index is 12.4. The molecule has 6 nitrogen and oxygen atoms in total. The number of rotatable bonds is 6. The van der Waals surface area contributed by atoms with Crippen molar-refractivity contribution < 1.29 is 14.3 Å². The number of allylic oxidation sites excluding steroid dienone is 1. The average Bonchev–Trinajstić information content (AvgIpc) is 3.11. The molecule has 2 aliphatic rings. The Hall–Kier alpha value is -3.03. The number of benzene rings is 2. The molecule has 0 bridgehead atoms. The Morgan fingerprint density at radius 1 is 1.13 bits per heavy atom. The third-order valence-electron chi connectivity index (χ3n) is 4.74. The van der Waals surface area contributed by atoms with Crippen molar-refractivity contribution in [2.75, 3.05) is 13.2 Å². The predicted molar refractivity (Wildman–Crippen MR) is 125 cm³/mol. The van der Waals surface area contributed by atoms with E-state index in [0.717, 1.165) is 17.0 Å². The van der Waals surface area contributed by atoms with Gasteiger partial charge in [0.25, 0.3) is 5.91 Å². The molecule has 4 rings (SSSR count). The van der Waals surface area contributed by atoms with E-state index < -0.39 is 5.91 Å². The molecule has 2 aromatic rings. The quantitative estimate of drug-likeness (QED) is 0.476. The maximum absolute atomic E-state index is 12.4. The predicted octanol–water partition coefficient (Wildman–Crippen LogP) is 5.27. The Morgan fingerprint density at radius 3 is 2.61 bits per heavy atom. The topological polar surface area (TPSA) is 75.0 Å². The standard InChI is InChI=1S/C23H20ClN3O3S/c1-14-5-3-4-6-19(14)29-9-10-30-20-8-7-16(12-18(20)24)11-17-21(25)27-15(2)13-31-23(27)26-22(17)28/h3-8,11-13,25H,9-10H2,1-2H3/b17-11+,25-21?. The fourth-order valence-corrected chi connectivity index (χ4v) is 4.25. The highest BCUT2D eigenvalue weighted by atomic mass is 35.5. The van der Waals surface area contributed by atoms with Crippen molar-refractivity contribution in [2.45, 2.75) is 13.8 Å². The molecule has 0 aliphatic carbocycles. The summed E-state index contributed by atoms with van der Waals surface area (Å²) in [6, 6.07) is 13.0. The van der Waals surface area contributed by atoms with Crippen molar-refractivity contribution >= 4 is 46.3 Å². The number of fused-ring (bicyclic) bond motifs is 1. The number of para-hydroxylation sites is 1. The van der Waals surface area contributed by atoms with E-state index in [2.05, 4.69) is 4.99 Å². The van der Waals surface area contributed by atoms with E-state index in [1.807, 2.05) is 43.5 Å². The average molecular weight is 454 g/mol. The summed E-state index contributed by atoms with van der Waals surface area (Å²) in [5.74, 6) is 1.03. The lowest BCUT2D eigenvalue weighted by Gasteiger charge is -2.25. The van der Waals surface area contributed by atoms with Gasteiger partial charge >= 0.3 is 0 Å². The first kappa shape index (κ1) is 21.2. The van der Waals surface area contributed by atoms with Gasteiger partial charge in [0, 0.05) is 5.70 Å². The SMILES string of the molecule is CC1=CSC2=NC(=O)/C(=C/c3ccc(OCCOc4ccccc4C)c(Cl)c3)C(=N)N12. The molecule has 0 unspecified atom stereocenters. The highest BCUT2D eigenvalue weighted by Crippen LogP contribution is 2.32. The summed E-state index contributed by atoms with van der Waals surface area (Å²) in [6.07, 6.45) is 1.62. The number of hydrogen-bond donors (Lipinski definition) is 1. The summed E-state index contributed by atoms with van der Waals surface area (Å²) in [5.41, 5.74) is 2.83.